The van der Waals surface area contributed by atoms with Gasteiger partial charge in [0.15, 0.2) is 0 Å². The molecule has 0 aromatic rings. The van der Waals surface area contributed by atoms with Crippen LogP contribution in [0.15, 0.2) is 0 Å². The van der Waals surface area contributed by atoms with Crippen molar-refractivity contribution in [2.45, 2.75) is 26.0 Å². The van der Waals surface area contributed by atoms with Crippen molar-refractivity contribution in [3.05, 3.63) is 0 Å². The Hall–Kier alpha value is -0.570. The van der Waals surface area contributed by atoms with Crippen LogP contribution in [0.3, 0.4) is 0 Å². The zero-order valence-corrected chi connectivity index (χ0v) is 6.16. The second kappa shape index (κ2) is 3.01. The summed E-state index contributed by atoms with van der Waals surface area (Å²) in [5.74, 6) is 0.547. The molecule has 1 fully saturated rings. The van der Waals surface area contributed by atoms with E-state index in [1.165, 1.54) is 4.90 Å². The van der Waals surface area contributed by atoms with Crippen molar-refractivity contribution in [2.75, 3.05) is 6.54 Å². The van der Waals surface area contributed by atoms with Crippen LogP contribution in [0.5, 0.6) is 0 Å². The standard InChI is InChI=1S/C7H13NO2/c1-6-2-3-8(5-9)7(10)4-6/h5-7,10H,2-4H2,1H3. The van der Waals surface area contributed by atoms with Crippen LogP contribution >= 0.6 is 0 Å². The molecule has 58 valence electrons. The molecule has 0 bridgehead atoms. The Labute approximate surface area is 60.6 Å². The van der Waals surface area contributed by atoms with Crippen molar-refractivity contribution < 1.29 is 9.90 Å². The van der Waals surface area contributed by atoms with Gasteiger partial charge in [0.1, 0.15) is 6.23 Å². The molecule has 1 rings (SSSR count). The van der Waals surface area contributed by atoms with Crippen LogP contribution in [0.25, 0.3) is 0 Å². The highest BCUT2D eigenvalue weighted by molar-refractivity contribution is 5.47. The van der Waals surface area contributed by atoms with E-state index in [1.807, 2.05) is 0 Å². The number of amides is 1. The average Bonchev–Trinajstić information content (AvgIpc) is 1.88. The molecule has 1 amide bonds. The van der Waals surface area contributed by atoms with E-state index >= 15 is 0 Å². The Morgan fingerprint density at radius 1 is 1.70 bits per heavy atom. The van der Waals surface area contributed by atoms with Crippen LogP contribution < -0.4 is 0 Å². The first-order valence-electron chi connectivity index (χ1n) is 3.63. The maximum atomic E-state index is 10.2. The fourth-order valence-corrected chi connectivity index (χ4v) is 1.25. The molecular formula is C7H13NO2. The second-order valence-electron chi connectivity index (χ2n) is 2.95. The van der Waals surface area contributed by atoms with E-state index in [0.29, 0.717) is 12.5 Å². The number of carbonyl (C=O) groups is 1. The molecule has 1 N–H and O–H groups in total. The van der Waals surface area contributed by atoms with Gasteiger partial charge in [-0.3, -0.25) is 4.79 Å². The highest BCUT2D eigenvalue weighted by Gasteiger charge is 2.22. The van der Waals surface area contributed by atoms with Gasteiger partial charge in [0.2, 0.25) is 6.41 Å². The summed E-state index contributed by atoms with van der Waals surface area (Å²) in [6.45, 7) is 2.79. The lowest BCUT2D eigenvalue weighted by atomic mass is 9.98. The molecule has 2 unspecified atom stereocenters. The molecule has 10 heavy (non-hydrogen) atoms. The molecule has 3 heteroatoms. The molecule has 0 aromatic carbocycles. The number of likely N-dealkylation sites (tertiary alicyclic amines) is 1. The number of aliphatic hydroxyl groups is 1. The van der Waals surface area contributed by atoms with Crippen LogP contribution in [-0.2, 0) is 4.79 Å². The summed E-state index contributed by atoms with van der Waals surface area (Å²) < 4.78 is 0. The maximum absolute atomic E-state index is 10.2. The summed E-state index contributed by atoms with van der Waals surface area (Å²) in [5.41, 5.74) is 0. The molecule has 1 aliphatic rings. The summed E-state index contributed by atoms with van der Waals surface area (Å²) in [5, 5.41) is 9.23. The summed E-state index contributed by atoms with van der Waals surface area (Å²) in [7, 11) is 0. The highest BCUT2D eigenvalue weighted by Crippen LogP contribution is 2.18. The number of carbonyl (C=O) groups excluding carboxylic acids is 1. The van der Waals surface area contributed by atoms with Gasteiger partial charge < -0.3 is 10.0 Å². The lowest BCUT2D eigenvalue weighted by Crippen LogP contribution is -2.40. The van der Waals surface area contributed by atoms with E-state index in [1.54, 1.807) is 0 Å². The summed E-state index contributed by atoms with van der Waals surface area (Å²) >= 11 is 0. The van der Waals surface area contributed by atoms with Gasteiger partial charge in [0, 0.05) is 6.54 Å². The SMILES string of the molecule is CC1CCN(C=O)C(O)C1. The lowest BCUT2D eigenvalue weighted by Gasteiger charge is -2.32. The van der Waals surface area contributed by atoms with Gasteiger partial charge in [-0.25, -0.2) is 0 Å². The molecular weight excluding hydrogens is 130 g/mol. The first-order chi connectivity index (χ1) is 4.74. The molecule has 3 nitrogen and oxygen atoms in total. The van der Waals surface area contributed by atoms with Gasteiger partial charge in [-0.05, 0) is 18.8 Å². The molecule has 0 aliphatic carbocycles. The number of nitrogens with zero attached hydrogens (tertiary/aromatic N) is 1. The maximum Gasteiger partial charge on any atom is 0.211 e. The third-order valence-electron chi connectivity index (χ3n) is 2.01. The number of aliphatic hydroxyl groups excluding tert-OH is 1. The molecule has 2 atom stereocenters. The number of hydrogen-bond donors (Lipinski definition) is 1. The van der Waals surface area contributed by atoms with Crippen LogP contribution in [0.2, 0.25) is 0 Å². The quantitative estimate of drug-likeness (QED) is 0.532. The van der Waals surface area contributed by atoms with E-state index in [-0.39, 0.29) is 0 Å². The molecule has 1 aliphatic heterocycles. The van der Waals surface area contributed by atoms with Crippen molar-refractivity contribution in [1.29, 1.82) is 0 Å². The summed E-state index contributed by atoms with van der Waals surface area (Å²) in [6.07, 6.45) is 1.91. The summed E-state index contributed by atoms with van der Waals surface area (Å²) in [6, 6.07) is 0. The topological polar surface area (TPSA) is 40.5 Å². The van der Waals surface area contributed by atoms with Crippen molar-refractivity contribution in [2.24, 2.45) is 5.92 Å². The van der Waals surface area contributed by atoms with Gasteiger partial charge in [-0.1, -0.05) is 6.92 Å². The van der Waals surface area contributed by atoms with Gasteiger partial charge in [-0.2, -0.15) is 0 Å². The fourth-order valence-electron chi connectivity index (χ4n) is 1.25. The Bertz CT molecular complexity index is 127. The van der Waals surface area contributed by atoms with Crippen LogP contribution in [-0.4, -0.2) is 29.2 Å². The fraction of sp³-hybridized carbons (Fsp3) is 0.857. The monoisotopic (exact) mass is 143 g/mol. The summed E-state index contributed by atoms with van der Waals surface area (Å²) in [4.78, 5) is 11.7. The van der Waals surface area contributed by atoms with E-state index in [4.69, 9.17) is 0 Å². The number of hydrogen-bond acceptors (Lipinski definition) is 2. The van der Waals surface area contributed by atoms with Crippen molar-refractivity contribution >= 4 is 6.41 Å². The zero-order valence-electron chi connectivity index (χ0n) is 6.16. The number of piperidine rings is 1. The molecule has 0 aromatic heterocycles. The van der Waals surface area contributed by atoms with Crippen LogP contribution in [0.4, 0.5) is 0 Å². The first-order valence-corrected chi connectivity index (χ1v) is 3.63. The molecule has 0 spiro atoms. The Morgan fingerprint density at radius 3 is 2.90 bits per heavy atom. The third kappa shape index (κ3) is 1.48. The highest BCUT2D eigenvalue weighted by atomic mass is 16.3. The normalized spacial score (nSPS) is 34.0. The minimum atomic E-state index is -0.541. The smallest absolute Gasteiger partial charge is 0.211 e. The van der Waals surface area contributed by atoms with Crippen molar-refractivity contribution in [3.63, 3.8) is 0 Å². The Kier molecular flexibility index (Phi) is 2.27. The minimum absolute atomic E-state index is 0.541. The van der Waals surface area contributed by atoms with Crippen molar-refractivity contribution in [3.8, 4) is 0 Å². The lowest BCUT2D eigenvalue weighted by molar-refractivity contribution is -0.131. The Morgan fingerprint density at radius 2 is 2.40 bits per heavy atom. The molecule has 0 saturated carbocycles. The third-order valence-corrected chi connectivity index (χ3v) is 2.01. The van der Waals surface area contributed by atoms with E-state index < -0.39 is 6.23 Å². The average molecular weight is 143 g/mol. The molecule has 1 heterocycles. The molecule has 1 saturated heterocycles. The molecule has 0 radical (unpaired) electrons. The first kappa shape index (κ1) is 7.54. The van der Waals surface area contributed by atoms with E-state index in [9.17, 15) is 9.90 Å². The predicted molar refractivity (Wildman–Crippen MR) is 37.2 cm³/mol. The van der Waals surface area contributed by atoms with Gasteiger partial charge in [0.05, 0.1) is 0 Å². The van der Waals surface area contributed by atoms with Crippen LogP contribution in [0, 0.1) is 5.92 Å². The predicted octanol–water partition coefficient (Wildman–Crippen LogP) is 0.193. The van der Waals surface area contributed by atoms with Crippen LogP contribution in [0.1, 0.15) is 19.8 Å². The van der Waals surface area contributed by atoms with Gasteiger partial charge >= 0.3 is 0 Å². The van der Waals surface area contributed by atoms with Gasteiger partial charge in [-0.15, -0.1) is 0 Å². The van der Waals surface area contributed by atoms with Crippen molar-refractivity contribution in [1.82, 2.24) is 4.90 Å². The van der Waals surface area contributed by atoms with E-state index in [0.717, 1.165) is 19.3 Å². The largest absolute Gasteiger partial charge is 0.374 e. The minimum Gasteiger partial charge on any atom is -0.374 e. The van der Waals surface area contributed by atoms with Gasteiger partial charge in [0.25, 0.3) is 0 Å². The second-order valence-corrected chi connectivity index (χ2v) is 2.95. The zero-order chi connectivity index (χ0) is 7.56. The van der Waals surface area contributed by atoms with E-state index in [2.05, 4.69) is 6.92 Å². The Balaban J connectivity index is 2.43. The number of rotatable bonds is 1.